The monoisotopic (exact) mass is 265 g/mol. The van der Waals surface area contributed by atoms with E-state index >= 15 is 0 Å². The number of rotatable bonds is 7. The third kappa shape index (κ3) is 5.28. The minimum absolute atomic E-state index is 0.707. The molecule has 2 N–H and O–H groups in total. The highest BCUT2D eigenvalue weighted by molar-refractivity contribution is 4.81. The summed E-state index contributed by atoms with van der Waals surface area (Å²) in [5, 5.41) is 10.4. The quantitative estimate of drug-likeness (QED) is 0.733. The molecule has 2 rings (SSSR count). The van der Waals surface area contributed by atoms with Gasteiger partial charge >= 0.3 is 0 Å². The van der Waals surface area contributed by atoms with Gasteiger partial charge in [0.05, 0.1) is 0 Å². The van der Waals surface area contributed by atoms with Crippen LogP contribution in [-0.4, -0.2) is 52.3 Å². The lowest BCUT2D eigenvalue weighted by Gasteiger charge is -2.33. The Hall–Kier alpha value is -0.940. The minimum Gasteiger partial charge on any atom is -0.314 e. The Kier molecular flexibility index (Phi) is 5.79. The summed E-state index contributed by atoms with van der Waals surface area (Å²) >= 11 is 0. The lowest BCUT2D eigenvalue weighted by molar-refractivity contribution is 0.180. The number of nitrogens with one attached hydrogen (secondary N) is 2. The molecule has 1 aromatic rings. The molecular formula is C14H27N5. The number of piperidine rings is 1. The van der Waals surface area contributed by atoms with Gasteiger partial charge < -0.3 is 10.2 Å². The number of aryl methyl sites for hydroxylation is 1. The van der Waals surface area contributed by atoms with E-state index in [0.717, 1.165) is 31.1 Å². The normalized spacial score (nSPS) is 18.3. The van der Waals surface area contributed by atoms with Gasteiger partial charge in [-0.05, 0) is 44.8 Å². The van der Waals surface area contributed by atoms with Gasteiger partial charge in [0.2, 0.25) is 0 Å². The van der Waals surface area contributed by atoms with Crippen LogP contribution in [-0.2, 0) is 6.42 Å². The number of hydrogen-bond acceptors (Lipinski definition) is 4. The van der Waals surface area contributed by atoms with Crippen molar-refractivity contribution >= 4 is 0 Å². The van der Waals surface area contributed by atoms with Gasteiger partial charge in [0.1, 0.15) is 12.2 Å². The second-order valence-electron chi connectivity index (χ2n) is 5.96. The van der Waals surface area contributed by atoms with Gasteiger partial charge in [-0.25, -0.2) is 4.98 Å². The zero-order valence-corrected chi connectivity index (χ0v) is 12.2. The third-order valence-electron chi connectivity index (χ3n) is 3.70. The summed E-state index contributed by atoms with van der Waals surface area (Å²) < 4.78 is 0. The van der Waals surface area contributed by atoms with E-state index in [-0.39, 0.29) is 0 Å². The maximum atomic E-state index is 4.14. The largest absolute Gasteiger partial charge is 0.314 e. The molecule has 0 aromatic carbocycles. The fraction of sp³-hybridized carbons (Fsp3) is 0.857. The number of hydrogen-bond donors (Lipinski definition) is 2. The Labute approximate surface area is 116 Å². The van der Waals surface area contributed by atoms with Crippen LogP contribution in [0.25, 0.3) is 0 Å². The fourth-order valence-corrected chi connectivity index (χ4v) is 2.75. The summed E-state index contributed by atoms with van der Waals surface area (Å²) in [6.07, 6.45) is 6.26. The number of H-pyrrole nitrogens is 1. The van der Waals surface area contributed by atoms with Crippen LogP contribution >= 0.6 is 0 Å². The van der Waals surface area contributed by atoms with Gasteiger partial charge in [0, 0.05) is 19.0 Å². The van der Waals surface area contributed by atoms with Crippen LogP contribution in [0, 0.1) is 5.92 Å². The van der Waals surface area contributed by atoms with Crippen LogP contribution in [0.15, 0.2) is 6.33 Å². The second kappa shape index (κ2) is 7.60. The number of aromatic nitrogens is 3. The molecule has 108 valence electrons. The summed E-state index contributed by atoms with van der Waals surface area (Å²) in [6.45, 7) is 9.42. The molecule has 5 heteroatoms. The molecule has 0 bridgehead atoms. The molecule has 1 aliphatic heterocycles. The first-order valence-corrected chi connectivity index (χ1v) is 7.54. The first-order valence-electron chi connectivity index (χ1n) is 7.54. The van der Waals surface area contributed by atoms with E-state index in [2.05, 4.69) is 39.2 Å². The summed E-state index contributed by atoms with van der Waals surface area (Å²) in [5.41, 5.74) is 0. The Bertz CT molecular complexity index is 328. The molecule has 1 aliphatic rings. The highest BCUT2D eigenvalue weighted by Gasteiger charge is 2.18. The second-order valence-corrected chi connectivity index (χ2v) is 5.96. The first-order chi connectivity index (χ1) is 9.24. The van der Waals surface area contributed by atoms with Crippen molar-refractivity contribution in [2.24, 2.45) is 5.92 Å². The lowest BCUT2D eigenvalue weighted by atomic mass is 10.0. The highest BCUT2D eigenvalue weighted by atomic mass is 15.2. The standard InChI is InChI=1S/C14H27N5/c1-12(2)10-19-8-5-13(6-9-19)15-7-3-4-14-16-11-17-18-14/h11-13,15H,3-10H2,1-2H3,(H,16,17,18). The van der Waals surface area contributed by atoms with Crippen molar-refractivity contribution in [2.75, 3.05) is 26.2 Å². The molecule has 0 atom stereocenters. The van der Waals surface area contributed by atoms with E-state index in [4.69, 9.17) is 0 Å². The van der Waals surface area contributed by atoms with E-state index in [1.54, 1.807) is 6.33 Å². The Morgan fingerprint density at radius 3 is 2.84 bits per heavy atom. The average Bonchev–Trinajstić information content (AvgIpc) is 2.89. The molecule has 1 aromatic heterocycles. The maximum absolute atomic E-state index is 4.14. The van der Waals surface area contributed by atoms with Crippen LogP contribution in [0.5, 0.6) is 0 Å². The van der Waals surface area contributed by atoms with Gasteiger partial charge in [0.15, 0.2) is 0 Å². The maximum Gasteiger partial charge on any atom is 0.137 e. The van der Waals surface area contributed by atoms with Crippen LogP contribution < -0.4 is 5.32 Å². The van der Waals surface area contributed by atoms with Gasteiger partial charge in [-0.15, -0.1) is 0 Å². The Morgan fingerprint density at radius 1 is 1.42 bits per heavy atom. The molecule has 1 saturated heterocycles. The summed E-state index contributed by atoms with van der Waals surface area (Å²) in [7, 11) is 0. The van der Waals surface area contributed by atoms with Crippen molar-refractivity contribution in [3.05, 3.63) is 12.2 Å². The highest BCUT2D eigenvalue weighted by Crippen LogP contribution is 2.12. The lowest BCUT2D eigenvalue weighted by Crippen LogP contribution is -2.43. The van der Waals surface area contributed by atoms with Gasteiger partial charge in [0.25, 0.3) is 0 Å². The van der Waals surface area contributed by atoms with E-state index in [1.807, 2.05) is 0 Å². The molecule has 0 aliphatic carbocycles. The van der Waals surface area contributed by atoms with Crippen LogP contribution in [0.1, 0.15) is 38.9 Å². The minimum atomic E-state index is 0.707. The molecule has 0 spiro atoms. The van der Waals surface area contributed by atoms with Gasteiger partial charge in [-0.1, -0.05) is 13.8 Å². The molecule has 0 amide bonds. The molecule has 0 radical (unpaired) electrons. The molecule has 1 fully saturated rings. The van der Waals surface area contributed by atoms with E-state index < -0.39 is 0 Å². The average molecular weight is 265 g/mol. The Balaban J connectivity index is 1.53. The summed E-state index contributed by atoms with van der Waals surface area (Å²) in [5.74, 6) is 1.78. The first kappa shape index (κ1) is 14.5. The fourth-order valence-electron chi connectivity index (χ4n) is 2.75. The summed E-state index contributed by atoms with van der Waals surface area (Å²) in [4.78, 5) is 6.73. The van der Waals surface area contributed by atoms with Crippen LogP contribution in [0.2, 0.25) is 0 Å². The molecule has 0 unspecified atom stereocenters. The van der Waals surface area contributed by atoms with Gasteiger partial charge in [-0.3, -0.25) is 5.10 Å². The topological polar surface area (TPSA) is 56.8 Å². The van der Waals surface area contributed by atoms with Crippen molar-refractivity contribution in [3.8, 4) is 0 Å². The van der Waals surface area contributed by atoms with Gasteiger partial charge in [-0.2, -0.15) is 5.10 Å². The molecule has 5 nitrogen and oxygen atoms in total. The summed E-state index contributed by atoms with van der Waals surface area (Å²) in [6, 6.07) is 0.707. The zero-order valence-electron chi connectivity index (χ0n) is 12.2. The molecule has 19 heavy (non-hydrogen) atoms. The van der Waals surface area contributed by atoms with Crippen molar-refractivity contribution in [1.82, 2.24) is 25.4 Å². The van der Waals surface area contributed by atoms with Crippen molar-refractivity contribution in [3.63, 3.8) is 0 Å². The van der Waals surface area contributed by atoms with Crippen molar-refractivity contribution in [1.29, 1.82) is 0 Å². The predicted molar refractivity (Wildman–Crippen MR) is 77.0 cm³/mol. The smallest absolute Gasteiger partial charge is 0.137 e. The molecule has 0 saturated carbocycles. The van der Waals surface area contributed by atoms with E-state index in [1.165, 1.54) is 32.5 Å². The van der Waals surface area contributed by atoms with E-state index in [9.17, 15) is 0 Å². The predicted octanol–water partition coefficient (Wildman–Crippen LogP) is 1.45. The Morgan fingerprint density at radius 2 is 2.21 bits per heavy atom. The number of nitrogens with zero attached hydrogens (tertiary/aromatic N) is 3. The third-order valence-corrected chi connectivity index (χ3v) is 3.70. The molecule has 2 heterocycles. The number of likely N-dealkylation sites (tertiary alicyclic amines) is 1. The van der Waals surface area contributed by atoms with Crippen molar-refractivity contribution in [2.45, 2.75) is 45.6 Å². The number of aromatic amines is 1. The molecular weight excluding hydrogens is 238 g/mol. The SMILES string of the molecule is CC(C)CN1CCC(NCCCc2ncn[nH]2)CC1. The van der Waals surface area contributed by atoms with E-state index in [0.29, 0.717) is 6.04 Å². The van der Waals surface area contributed by atoms with Crippen molar-refractivity contribution < 1.29 is 0 Å². The van der Waals surface area contributed by atoms with Crippen LogP contribution in [0.3, 0.4) is 0 Å². The zero-order chi connectivity index (χ0) is 13.5. The van der Waals surface area contributed by atoms with Crippen LogP contribution in [0.4, 0.5) is 0 Å².